The van der Waals surface area contributed by atoms with Crippen molar-refractivity contribution in [2.75, 3.05) is 26.2 Å². The Labute approximate surface area is 197 Å². The van der Waals surface area contributed by atoms with Gasteiger partial charge in [0.05, 0.1) is 12.3 Å². The minimum Gasteiger partial charge on any atom is -0.373 e. The largest absolute Gasteiger partial charge is 0.373 e. The van der Waals surface area contributed by atoms with Gasteiger partial charge in [-0.15, -0.1) is 24.0 Å². The summed E-state index contributed by atoms with van der Waals surface area (Å²) in [5.41, 5.74) is 4.99. The average molecular weight is 525 g/mol. The van der Waals surface area contributed by atoms with E-state index < -0.39 is 0 Å². The van der Waals surface area contributed by atoms with Crippen LogP contribution in [0.4, 0.5) is 0 Å². The Hall–Kier alpha value is -1.61. The van der Waals surface area contributed by atoms with E-state index in [1.165, 1.54) is 16.7 Å². The molecule has 1 aromatic carbocycles. The number of halogens is 1. The summed E-state index contributed by atoms with van der Waals surface area (Å²) in [4.78, 5) is 4.88. The molecular weight excluding hydrogens is 489 g/mol. The van der Waals surface area contributed by atoms with Gasteiger partial charge >= 0.3 is 0 Å². The number of rotatable bonds is 8. The lowest BCUT2D eigenvalue weighted by molar-refractivity contribution is -0.0250. The van der Waals surface area contributed by atoms with Gasteiger partial charge in [0, 0.05) is 37.9 Å². The van der Waals surface area contributed by atoms with Gasteiger partial charge in [-0.05, 0) is 57.6 Å². The van der Waals surface area contributed by atoms with Crippen molar-refractivity contribution in [2.24, 2.45) is 10.9 Å². The normalized spacial score (nSPS) is 19.2. The SMILES string of the molecule is CCNC(=NCC1CCCOC1c1ccc(C)cc1)NCCCc1cn[nH]c1C.I. The molecule has 2 aromatic rings. The fourth-order valence-corrected chi connectivity index (χ4v) is 3.82. The lowest BCUT2D eigenvalue weighted by atomic mass is 9.89. The molecule has 2 heterocycles. The number of H-pyrrole nitrogens is 1. The molecule has 2 atom stereocenters. The van der Waals surface area contributed by atoms with Gasteiger partial charge in [-0.1, -0.05) is 29.8 Å². The number of aryl methyl sites for hydroxylation is 3. The molecule has 30 heavy (non-hydrogen) atoms. The number of nitrogens with one attached hydrogen (secondary N) is 3. The molecular formula is C23H36IN5O. The molecule has 0 radical (unpaired) electrons. The molecule has 1 aliphatic rings. The summed E-state index contributed by atoms with van der Waals surface area (Å²) in [7, 11) is 0. The van der Waals surface area contributed by atoms with E-state index in [-0.39, 0.29) is 30.1 Å². The third-order valence-electron chi connectivity index (χ3n) is 5.53. The van der Waals surface area contributed by atoms with Gasteiger partial charge in [0.1, 0.15) is 0 Å². The molecule has 6 nitrogen and oxygen atoms in total. The van der Waals surface area contributed by atoms with Gasteiger partial charge in [0.2, 0.25) is 0 Å². The van der Waals surface area contributed by atoms with Crippen molar-refractivity contribution in [3.05, 3.63) is 52.8 Å². The van der Waals surface area contributed by atoms with E-state index >= 15 is 0 Å². The number of hydrogen-bond acceptors (Lipinski definition) is 3. The van der Waals surface area contributed by atoms with Crippen molar-refractivity contribution < 1.29 is 4.74 Å². The van der Waals surface area contributed by atoms with Crippen LogP contribution in [0.15, 0.2) is 35.5 Å². The van der Waals surface area contributed by atoms with Crippen molar-refractivity contribution in [3.63, 3.8) is 0 Å². The van der Waals surface area contributed by atoms with Gasteiger partial charge in [-0.2, -0.15) is 5.10 Å². The second kappa shape index (κ2) is 12.9. The molecule has 3 N–H and O–H groups in total. The summed E-state index contributed by atoms with van der Waals surface area (Å²) in [6.07, 6.45) is 6.38. The van der Waals surface area contributed by atoms with Crippen molar-refractivity contribution >= 4 is 29.9 Å². The molecule has 0 spiro atoms. The van der Waals surface area contributed by atoms with E-state index in [2.05, 4.69) is 65.9 Å². The number of benzene rings is 1. The Balaban J connectivity index is 0.00000320. The van der Waals surface area contributed by atoms with Crippen molar-refractivity contribution in [1.82, 2.24) is 20.8 Å². The number of aromatic nitrogens is 2. The number of ether oxygens (including phenoxy) is 1. The first-order valence-corrected chi connectivity index (χ1v) is 10.9. The van der Waals surface area contributed by atoms with E-state index in [1.807, 2.05) is 6.20 Å². The predicted octanol–water partition coefficient (Wildman–Crippen LogP) is 4.30. The highest BCUT2D eigenvalue weighted by Crippen LogP contribution is 2.33. The zero-order chi connectivity index (χ0) is 20.5. The van der Waals surface area contributed by atoms with Crippen LogP contribution in [0.1, 0.15) is 54.7 Å². The molecule has 166 valence electrons. The standard InChI is InChI=1S/C23H35N5O.HI/c1-4-24-23(25-13-5-7-20-16-27-28-18(20)3)26-15-21-8-6-14-29-22(21)19-11-9-17(2)10-12-19;/h9-12,16,21-22H,4-8,13-15H2,1-3H3,(H,27,28)(H2,24,25,26);1H. The van der Waals surface area contributed by atoms with Crippen LogP contribution in [-0.2, 0) is 11.2 Å². The van der Waals surface area contributed by atoms with Crippen LogP contribution in [-0.4, -0.2) is 42.4 Å². The second-order valence-electron chi connectivity index (χ2n) is 7.87. The summed E-state index contributed by atoms with van der Waals surface area (Å²) in [5, 5.41) is 13.9. The molecule has 2 unspecified atom stereocenters. The minimum atomic E-state index is 0. The molecule has 1 aromatic heterocycles. The third-order valence-corrected chi connectivity index (χ3v) is 5.53. The number of hydrogen-bond donors (Lipinski definition) is 3. The molecule has 3 rings (SSSR count). The Morgan fingerprint density at radius 3 is 2.73 bits per heavy atom. The first kappa shape index (κ1) is 24.7. The molecule has 1 fully saturated rings. The van der Waals surface area contributed by atoms with Crippen LogP contribution in [0.2, 0.25) is 0 Å². The average Bonchev–Trinajstić information content (AvgIpc) is 3.15. The second-order valence-corrected chi connectivity index (χ2v) is 7.87. The van der Waals surface area contributed by atoms with Crippen molar-refractivity contribution in [2.45, 2.75) is 52.6 Å². The van der Waals surface area contributed by atoms with Gasteiger partial charge in [0.15, 0.2) is 5.96 Å². The quantitative estimate of drug-likeness (QED) is 0.208. The Kier molecular flexibility index (Phi) is 10.6. The maximum Gasteiger partial charge on any atom is 0.191 e. The molecule has 0 bridgehead atoms. The maximum atomic E-state index is 6.14. The summed E-state index contributed by atoms with van der Waals surface area (Å²) < 4.78 is 6.14. The highest BCUT2D eigenvalue weighted by molar-refractivity contribution is 14.0. The molecule has 0 aliphatic carbocycles. The van der Waals surface area contributed by atoms with E-state index in [0.29, 0.717) is 5.92 Å². The third kappa shape index (κ3) is 7.27. The molecule has 0 amide bonds. The Morgan fingerprint density at radius 1 is 1.23 bits per heavy atom. The van der Waals surface area contributed by atoms with Crippen LogP contribution in [0.25, 0.3) is 0 Å². The molecule has 7 heteroatoms. The number of aromatic amines is 1. The van der Waals surface area contributed by atoms with Gasteiger partial charge in [-0.3, -0.25) is 10.1 Å². The lowest BCUT2D eigenvalue weighted by Crippen LogP contribution is -2.38. The predicted molar refractivity (Wildman–Crippen MR) is 134 cm³/mol. The van der Waals surface area contributed by atoms with E-state index in [9.17, 15) is 0 Å². The fraction of sp³-hybridized carbons (Fsp3) is 0.565. The zero-order valence-electron chi connectivity index (χ0n) is 18.4. The van der Waals surface area contributed by atoms with Gasteiger partial charge < -0.3 is 15.4 Å². The van der Waals surface area contributed by atoms with Crippen LogP contribution >= 0.6 is 24.0 Å². The number of nitrogens with zero attached hydrogens (tertiary/aromatic N) is 2. The molecule has 0 saturated carbocycles. The summed E-state index contributed by atoms with van der Waals surface area (Å²) >= 11 is 0. The highest BCUT2D eigenvalue weighted by Gasteiger charge is 2.27. The van der Waals surface area contributed by atoms with E-state index in [0.717, 1.165) is 63.6 Å². The van der Waals surface area contributed by atoms with Crippen LogP contribution in [0, 0.1) is 19.8 Å². The fourth-order valence-electron chi connectivity index (χ4n) is 3.82. The van der Waals surface area contributed by atoms with E-state index in [4.69, 9.17) is 9.73 Å². The first-order valence-electron chi connectivity index (χ1n) is 10.9. The van der Waals surface area contributed by atoms with Crippen molar-refractivity contribution in [1.29, 1.82) is 0 Å². The topological polar surface area (TPSA) is 74.3 Å². The Bertz CT molecular complexity index is 774. The Morgan fingerprint density at radius 2 is 2.03 bits per heavy atom. The minimum absolute atomic E-state index is 0. The summed E-state index contributed by atoms with van der Waals surface area (Å²) in [6, 6.07) is 8.73. The summed E-state index contributed by atoms with van der Waals surface area (Å²) in [6.45, 7) is 9.64. The molecule has 1 aliphatic heterocycles. The number of aliphatic imine (C=N–C) groups is 1. The monoisotopic (exact) mass is 525 g/mol. The smallest absolute Gasteiger partial charge is 0.191 e. The van der Waals surface area contributed by atoms with Gasteiger partial charge in [0.25, 0.3) is 0 Å². The van der Waals surface area contributed by atoms with Crippen LogP contribution < -0.4 is 10.6 Å². The summed E-state index contributed by atoms with van der Waals surface area (Å²) in [5.74, 6) is 1.31. The van der Waals surface area contributed by atoms with Crippen molar-refractivity contribution in [3.8, 4) is 0 Å². The first-order chi connectivity index (χ1) is 14.2. The number of guanidine groups is 1. The van der Waals surface area contributed by atoms with Crippen LogP contribution in [0.3, 0.4) is 0 Å². The van der Waals surface area contributed by atoms with Crippen LogP contribution in [0.5, 0.6) is 0 Å². The van der Waals surface area contributed by atoms with Gasteiger partial charge in [-0.25, -0.2) is 0 Å². The zero-order valence-corrected chi connectivity index (χ0v) is 20.7. The highest BCUT2D eigenvalue weighted by atomic mass is 127. The lowest BCUT2D eigenvalue weighted by Gasteiger charge is -2.31. The maximum absolute atomic E-state index is 6.14. The van der Waals surface area contributed by atoms with E-state index in [1.54, 1.807) is 0 Å². The molecule has 1 saturated heterocycles.